The summed E-state index contributed by atoms with van der Waals surface area (Å²) in [6.45, 7) is 2.03. The number of nitrogens with two attached hydrogens (primary N) is 1. The van der Waals surface area contributed by atoms with Gasteiger partial charge in [-0.1, -0.05) is 0 Å². The fourth-order valence-electron chi connectivity index (χ4n) is 3.23. The molecule has 5 aromatic rings. The molecule has 128 valence electrons. The maximum Gasteiger partial charge on any atom is 0.177 e. The van der Waals surface area contributed by atoms with Crippen molar-refractivity contribution >= 4 is 38.2 Å². The van der Waals surface area contributed by atoms with Gasteiger partial charge < -0.3 is 10.2 Å². The molecule has 0 amide bonds. The summed E-state index contributed by atoms with van der Waals surface area (Å²) in [6, 6.07) is 4.04. The number of furan rings is 1. The van der Waals surface area contributed by atoms with E-state index in [1.165, 1.54) is 0 Å². The predicted octanol–water partition coefficient (Wildman–Crippen LogP) is 4.40. The van der Waals surface area contributed by atoms with Crippen molar-refractivity contribution < 1.29 is 4.42 Å². The second-order valence-electron chi connectivity index (χ2n) is 6.20. The number of thiophene rings is 1. The van der Waals surface area contributed by atoms with Gasteiger partial charge in [0.05, 0.1) is 10.9 Å². The molecule has 6 nitrogen and oxygen atoms in total. The summed E-state index contributed by atoms with van der Waals surface area (Å²) in [5.74, 6) is 1.16. The molecule has 0 spiro atoms. The van der Waals surface area contributed by atoms with Crippen LogP contribution in [-0.2, 0) is 7.05 Å². The van der Waals surface area contributed by atoms with E-state index in [0.29, 0.717) is 11.4 Å². The molecule has 0 saturated carbocycles. The van der Waals surface area contributed by atoms with Gasteiger partial charge in [-0.15, -0.1) is 11.3 Å². The number of nitrogens with zero attached hydrogens (tertiary/aromatic N) is 4. The summed E-state index contributed by atoms with van der Waals surface area (Å²) in [4.78, 5) is 8.51. The van der Waals surface area contributed by atoms with Crippen molar-refractivity contribution in [3.05, 3.63) is 48.0 Å². The van der Waals surface area contributed by atoms with E-state index in [1.54, 1.807) is 23.7 Å². The fraction of sp³-hybridized carbons (Fsp3) is 0.105. The predicted molar refractivity (Wildman–Crippen MR) is 104 cm³/mol. The third kappa shape index (κ3) is 2.07. The zero-order valence-corrected chi connectivity index (χ0v) is 15.0. The van der Waals surface area contributed by atoms with Gasteiger partial charge in [-0.25, -0.2) is 4.98 Å². The first-order chi connectivity index (χ1) is 12.6. The number of anilines is 1. The molecule has 0 bridgehead atoms. The van der Waals surface area contributed by atoms with E-state index in [4.69, 9.17) is 10.2 Å². The summed E-state index contributed by atoms with van der Waals surface area (Å²) in [7, 11) is 1.92. The van der Waals surface area contributed by atoms with Crippen molar-refractivity contribution in [2.75, 3.05) is 5.73 Å². The Hall–Kier alpha value is -3.19. The number of fused-ring (bicyclic) bond motifs is 2. The first kappa shape index (κ1) is 15.1. The number of nitrogen functional groups attached to an aromatic ring is 1. The van der Waals surface area contributed by atoms with Gasteiger partial charge in [-0.3, -0.25) is 9.67 Å². The van der Waals surface area contributed by atoms with E-state index in [0.717, 1.165) is 43.6 Å². The Labute approximate surface area is 152 Å². The highest BCUT2D eigenvalue weighted by molar-refractivity contribution is 7.17. The summed E-state index contributed by atoms with van der Waals surface area (Å²) in [5.41, 5.74) is 10.8. The van der Waals surface area contributed by atoms with Crippen LogP contribution in [0.1, 0.15) is 5.69 Å². The molecular formula is C19H15N5OS. The molecule has 0 radical (unpaired) electrons. The Morgan fingerprint density at radius 2 is 2.00 bits per heavy atom. The third-order valence-corrected chi connectivity index (χ3v) is 5.69. The van der Waals surface area contributed by atoms with Crippen LogP contribution in [0.25, 0.3) is 43.5 Å². The maximum absolute atomic E-state index is 6.13. The smallest absolute Gasteiger partial charge is 0.177 e. The molecule has 7 heteroatoms. The van der Waals surface area contributed by atoms with E-state index in [1.807, 2.05) is 43.2 Å². The molecule has 0 saturated heterocycles. The summed E-state index contributed by atoms with van der Waals surface area (Å²) < 4.78 is 9.10. The zero-order chi connectivity index (χ0) is 17.8. The molecule has 0 unspecified atom stereocenters. The van der Waals surface area contributed by atoms with E-state index in [2.05, 4.69) is 20.4 Å². The Kier molecular flexibility index (Phi) is 3.14. The molecular weight excluding hydrogens is 346 g/mol. The first-order valence-corrected chi connectivity index (χ1v) is 9.00. The summed E-state index contributed by atoms with van der Waals surface area (Å²) in [6.07, 6.45) is 7.30. The van der Waals surface area contributed by atoms with Crippen LogP contribution in [-0.4, -0.2) is 19.7 Å². The third-order valence-electron chi connectivity index (χ3n) is 4.76. The van der Waals surface area contributed by atoms with Crippen LogP contribution < -0.4 is 5.73 Å². The fourth-order valence-corrected chi connectivity index (χ4v) is 4.14. The van der Waals surface area contributed by atoms with E-state index >= 15 is 0 Å². The number of rotatable bonds is 2. The molecule has 0 aliphatic carbocycles. The van der Waals surface area contributed by atoms with Gasteiger partial charge in [0, 0.05) is 64.2 Å². The molecule has 0 aromatic carbocycles. The zero-order valence-electron chi connectivity index (χ0n) is 14.2. The van der Waals surface area contributed by atoms with Crippen molar-refractivity contribution in [3.8, 4) is 22.5 Å². The van der Waals surface area contributed by atoms with E-state index in [-0.39, 0.29) is 0 Å². The lowest BCUT2D eigenvalue weighted by atomic mass is 10.0. The van der Waals surface area contributed by atoms with Crippen molar-refractivity contribution in [3.63, 3.8) is 0 Å². The average molecular weight is 361 g/mol. The van der Waals surface area contributed by atoms with Gasteiger partial charge in [-0.05, 0) is 19.1 Å². The van der Waals surface area contributed by atoms with Crippen LogP contribution in [0.3, 0.4) is 0 Å². The van der Waals surface area contributed by atoms with Gasteiger partial charge >= 0.3 is 0 Å². The van der Waals surface area contributed by atoms with Gasteiger partial charge in [0.2, 0.25) is 0 Å². The lowest BCUT2D eigenvalue weighted by Gasteiger charge is -2.03. The molecule has 5 aromatic heterocycles. The molecule has 5 rings (SSSR count). The highest BCUT2D eigenvalue weighted by Gasteiger charge is 2.18. The molecule has 0 aliphatic heterocycles. The quantitative estimate of drug-likeness (QED) is 0.504. The van der Waals surface area contributed by atoms with Crippen LogP contribution in [0.2, 0.25) is 0 Å². The minimum atomic E-state index is 0.387. The highest BCUT2D eigenvalue weighted by atomic mass is 32.1. The molecule has 5 heterocycles. The molecule has 0 fully saturated rings. The van der Waals surface area contributed by atoms with Crippen molar-refractivity contribution in [1.82, 2.24) is 19.7 Å². The van der Waals surface area contributed by atoms with Crippen LogP contribution >= 0.6 is 11.3 Å². The normalized spacial score (nSPS) is 11.6. The molecule has 0 aliphatic rings. The SMILES string of the molecule is Cc1c(-c2cnc(N)c3oc(-c4csc5cnccc45)cc23)cnn1C. The highest BCUT2D eigenvalue weighted by Crippen LogP contribution is 2.40. The Bertz CT molecular complexity index is 1280. The van der Waals surface area contributed by atoms with Crippen molar-refractivity contribution in [2.45, 2.75) is 6.92 Å². The van der Waals surface area contributed by atoms with Crippen LogP contribution in [0.5, 0.6) is 0 Å². The first-order valence-electron chi connectivity index (χ1n) is 8.12. The minimum Gasteiger partial charge on any atom is -0.452 e. The van der Waals surface area contributed by atoms with Crippen LogP contribution in [0, 0.1) is 6.92 Å². The van der Waals surface area contributed by atoms with E-state index < -0.39 is 0 Å². The Morgan fingerprint density at radius 1 is 1.12 bits per heavy atom. The number of pyridine rings is 2. The summed E-state index contributed by atoms with van der Waals surface area (Å²) >= 11 is 1.65. The maximum atomic E-state index is 6.13. The van der Waals surface area contributed by atoms with Gasteiger partial charge in [0.25, 0.3) is 0 Å². The van der Waals surface area contributed by atoms with Crippen LogP contribution in [0.15, 0.2) is 46.7 Å². The minimum absolute atomic E-state index is 0.387. The van der Waals surface area contributed by atoms with E-state index in [9.17, 15) is 0 Å². The van der Waals surface area contributed by atoms with Gasteiger partial charge in [-0.2, -0.15) is 5.10 Å². The lowest BCUT2D eigenvalue weighted by molar-refractivity contribution is 0.632. The molecule has 2 N–H and O–H groups in total. The number of hydrogen-bond acceptors (Lipinski definition) is 6. The number of aryl methyl sites for hydroxylation is 1. The van der Waals surface area contributed by atoms with Crippen molar-refractivity contribution in [1.29, 1.82) is 0 Å². The average Bonchev–Trinajstić information content (AvgIpc) is 3.34. The number of hydrogen-bond donors (Lipinski definition) is 1. The summed E-state index contributed by atoms with van der Waals surface area (Å²) in [5, 5.41) is 8.49. The van der Waals surface area contributed by atoms with Crippen LogP contribution in [0.4, 0.5) is 5.82 Å². The van der Waals surface area contributed by atoms with Gasteiger partial charge in [0.1, 0.15) is 5.76 Å². The Balaban J connectivity index is 1.78. The standard InChI is InChI=1S/C19H15N5OS/c1-10-13(7-23-24(10)2)14-6-22-19(20)18-12(14)5-16(25-18)15-9-26-17-8-21-4-3-11(15)17/h3-9H,1-2H3,(H2,20,22). The van der Waals surface area contributed by atoms with Gasteiger partial charge in [0.15, 0.2) is 11.4 Å². The Morgan fingerprint density at radius 3 is 2.81 bits per heavy atom. The second-order valence-corrected chi connectivity index (χ2v) is 7.11. The monoisotopic (exact) mass is 361 g/mol. The second kappa shape index (κ2) is 5.40. The lowest BCUT2D eigenvalue weighted by Crippen LogP contribution is -1.94. The molecule has 0 atom stereocenters. The topological polar surface area (TPSA) is 82.8 Å². The number of aromatic nitrogens is 4. The molecule has 26 heavy (non-hydrogen) atoms. The largest absolute Gasteiger partial charge is 0.452 e. The van der Waals surface area contributed by atoms with Crippen molar-refractivity contribution in [2.24, 2.45) is 7.05 Å².